The smallest absolute Gasteiger partial charge is 0.255 e. The lowest BCUT2D eigenvalue weighted by molar-refractivity contribution is 0.102. The number of rotatable bonds is 5. The van der Waals surface area contributed by atoms with Crippen LogP contribution in [0.25, 0.3) is 26.9 Å². The second-order valence-corrected chi connectivity index (χ2v) is 8.40. The van der Waals surface area contributed by atoms with Gasteiger partial charge in [-0.15, -0.1) is 11.3 Å². The first-order chi connectivity index (χ1) is 15.6. The van der Waals surface area contributed by atoms with E-state index in [1.165, 1.54) is 10.1 Å². The van der Waals surface area contributed by atoms with Gasteiger partial charge in [-0.25, -0.2) is 4.98 Å². The Morgan fingerprint density at radius 3 is 2.75 bits per heavy atom. The van der Waals surface area contributed by atoms with Gasteiger partial charge in [0.05, 0.1) is 24.8 Å². The number of aromatic nitrogens is 2. The van der Waals surface area contributed by atoms with Gasteiger partial charge >= 0.3 is 0 Å². The molecule has 3 aromatic carbocycles. The molecule has 1 N–H and O–H groups in total. The fraction of sp³-hybridized carbons (Fsp3) is 0.0769. The van der Waals surface area contributed by atoms with Gasteiger partial charge in [0.15, 0.2) is 0 Å². The number of anilines is 1. The van der Waals surface area contributed by atoms with Crippen molar-refractivity contribution in [1.82, 2.24) is 9.55 Å². The summed E-state index contributed by atoms with van der Waals surface area (Å²) in [6, 6.07) is 21.6. The van der Waals surface area contributed by atoms with Gasteiger partial charge in [-0.3, -0.25) is 4.79 Å². The van der Waals surface area contributed by atoms with E-state index in [4.69, 9.17) is 4.74 Å². The normalized spacial score (nSPS) is 10.9. The van der Waals surface area contributed by atoms with Crippen molar-refractivity contribution in [2.75, 3.05) is 12.4 Å². The average molecular weight is 440 g/mol. The van der Waals surface area contributed by atoms with Crippen LogP contribution in [0.15, 0.2) is 84.6 Å². The van der Waals surface area contributed by atoms with Crippen molar-refractivity contribution in [3.8, 4) is 22.6 Å². The molecule has 0 radical (unpaired) electrons. The Labute approximate surface area is 189 Å². The number of amides is 1. The first-order valence-electron chi connectivity index (χ1n) is 10.2. The zero-order valence-electron chi connectivity index (χ0n) is 17.7. The third-order valence-electron chi connectivity index (χ3n) is 5.34. The van der Waals surface area contributed by atoms with Crippen molar-refractivity contribution in [3.63, 3.8) is 0 Å². The number of aryl methyl sites for hydroxylation is 1. The highest BCUT2D eigenvalue weighted by Crippen LogP contribution is 2.34. The van der Waals surface area contributed by atoms with Crippen molar-refractivity contribution in [3.05, 3.63) is 95.9 Å². The van der Waals surface area contributed by atoms with Crippen molar-refractivity contribution >= 4 is 33.0 Å². The fourth-order valence-electron chi connectivity index (χ4n) is 3.75. The number of methoxy groups -OCH3 is 1. The number of benzene rings is 3. The van der Waals surface area contributed by atoms with Crippen LogP contribution in [-0.2, 0) is 0 Å². The molecule has 1 amide bonds. The van der Waals surface area contributed by atoms with E-state index in [1.54, 1.807) is 24.8 Å². The van der Waals surface area contributed by atoms with Gasteiger partial charge in [-0.2, -0.15) is 0 Å². The number of nitrogens with one attached hydrogen (secondary N) is 1. The maximum atomic E-state index is 13.0. The quantitative estimate of drug-likeness (QED) is 0.348. The molecular formula is C26H21N3O2S. The Hall–Kier alpha value is -3.90. The van der Waals surface area contributed by atoms with Crippen LogP contribution in [0, 0.1) is 6.92 Å². The molecule has 158 valence electrons. The molecule has 0 atom stereocenters. The Morgan fingerprint density at radius 2 is 1.94 bits per heavy atom. The maximum Gasteiger partial charge on any atom is 0.255 e. The van der Waals surface area contributed by atoms with E-state index in [-0.39, 0.29) is 5.91 Å². The lowest BCUT2D eigenvalue weighted by atomic mass is 10.0. The summed E-state index contributed by atoms with van der Waals surface area (Å²) in [5.74, 6) is 0.485. The van der Waals surface area contributed by atoms with E-state index < -0.39 is 0 Å². The first kappa shape index (κ1) is 20.0. The van der Waals surface area contributed by atoms with E-state index in [9.17, 15) is 4.79 Å². The van der Waals surface area contributed by atoms with E-state index >= 15 is 0 Å². The first-order valence-corrected chi connectivity index (χ1v) is 11.1. The second-order valence-electron chi connectivity index (χ2n) is 7.49. The number of carbonyl (C=O) groups is 1. The zero-order valence-corrected chi connectivity index (χ0v) is 18.5. The van der Waals surface area contributed by atoms with Crippen molar-refractivity contribution in [2.24, 2.45) is 0 Å². The Morgan fingerprint density at radius 1 is 1.06 bits per heavy atom. The SMILES string of the molecule is COc1cc(NC(=O)c2cccc(-c3csc4ccccc34)c2)ccc1-n1cnc(C)c1. The predicted octanol–water partition coefficient (Wildman–Crippen LogP) is 6.32. The summed E-state index contributed by atoms with van der Waals surface area (Å²) in [7, 11) is 1.61. The van der Waals surface area contributed by atoms with Crippen molar-refractivity contribution < 1.29 is 9.53 Å². The molecule has 0 unspecified atom stereocenters. The van der Waals surface area contributed by atoms with Gasteiger partial charge in [-0.05, 0) is 48.2 Å². The van der Waals surface area contributed by atoms with E-state index in [2.05, 4.69) is 27.8 Å². The molecule has 0 aliphatic heterocycles. The third-order valence-corrected chi connectivity index (χ3v) is 6.31. The molecule has 0 saturated carbocycles. The van der Waals surface area contributed by atoms with Crippen LogP contribution >= 0.6 is 11.3 Å². The Bertz CT molecular complexity index is 1430. The van der Waals surface area contributed by atoms with Gasteiger partial charge in [0.1, 0.15) is 5.75 Å². The molecular weight excluding hydrogens is 418 g/mol. The number of imidazole rings is 1. The largest absolute Gasteiger partial charge is 0.494 e. The molecule has 5 aromatic rings. The van der Waals surface area contributed by atoms with Crippen LogP contribution < -0.4 is 10.1 Å². The number of hydrogen-bond donors (Lipinski definition) is 1. The van der Waals surface area contributed by atoms with Crippen LogP contribution in [-0.4, -0.2) is 22.6 Å². The minimum Gasteiger partial charge on any atom is -0.494 e. The predicted molar refractivity (Wildman–Crippen MR) is 130 cm³/mol. The van der Waals surface area contributed by atoms with Gasteiger partial charge in [-0.1, -0.05) is 30.3 Å². The molecule has 0 fully saturated rings. The summed E-state index contributed by atoms with van der Waals surface area (Å²) in [5.41, 5.74) is 5.21. The summed E-state index contributed by atoms with van der Waals surface area (Å²) in [5, 5.41) is 6.33. The molecule has 2 aromatic heterocycles. The van der Waals surface area contributed by atoms with Crippen molar-refractivity contribution in [1.29, 1.82) is 0 Å². The van der Waals surface area contributed by atoms with Gasteiger partial charge in [0.25, 0.3) is 5.91 Å². The fourth-order valence-corrected chi connectivity index (χ4v) is 4.72. The number of nitrogens with zero attached hydrogens (tertiary/aromatic N) is 2. The number of fused-ring (bicyclic) bond motifs is 1. The zero-order chi connectivity index (χ0) is 22.1. The van der Waals surface area contributed by atoms with Crippen LogP contribution in [0.5, 0.6) is 5.75 Å². The number of ether oxygens (including phenoxy) is 1. The monoisotopic (exact) mass is 439 g/mol. The van der Waals surface area contributed by atoms with Crippen molar-refractivity contribution in [2.45, 2.75) is 6.92 Å². The molecule has 32 heavy (non-hydrogen) atoms. The maximum absolute atomic E-state index is 13.0. The minimum atomic E-state index is -0.167. The Balaban J connectivity index is 1.41. The highest BCUT2D eigenvalue weighted by atomic mass is 32.1. The molecule has 5 rings (SSSR count). The third kappa shape index (κ3) is 3.76. The van der Waals surface area contributed by atoms with Gasteiger partial charge in [0, 0.05) is 39.2 Å². The second kappa shape index (κ2) is 8.32. The highest BCUT2D eigenvalue weighted by molar-refractivity contribution is 7.17. The summed E-state index contributed by atoms with van der Waals surface area (Å²) < 4.78 is 8.68. The van der Waals surface area contributed by atoms with Gasteiger partial charge < -0.3 is 14.6 Å². The molecule has 2 heterocycles. The van der Waals surface area contributed by atoms with Crippen LogP contribution in [0.4, 0.5) is 5.69 Å². The van der Waals surface area contributed by atoms with Crippen LogP contribution in [0.1, 0.15) is 16.1 Å². The molecule has 0 aliphatic rings. The van der Waals surface area contributed by atoms with E-state index in [0.29, 0.717) is 17.0 Å². The number of thiophene rings is 1. The molecule has 0 aliphatic carbocycles. The lowest BCUT2D eigenvalue weighted by Crippen LogP contribution is -2.12. The molecule has 5 nitrogen and oxygen atoms in total. The van der Waals surface area contributed by atoms with Crippen LogP contribution in [0.3, 0.4) is 0 Å². The number of carbonyl (C=O) groups excluding carboxylic acids is 1. The van der Waals surface area contributed by atoms with E-state index in [1.807, 2.05) is 72.3 Å². The average Bonchev–Trinajstić information content (AvgIpc) is 3.45. The molecule has 6 heteroatoms. The summed E-state index contributed by atoms with van der Waals surface area (Å²) in [6.45, 7) is 1.94. The topological polar surface area (TPSA) is 56.1 Å². The minimum absolute atomic E-state index is 0.167. The van der Waals surface area contributed by atoms with Gasteiger partial charge in [0.2, 0.25) is 0 Å². The molecule has 0 saturated heterocycles. The summed E-state index contributed by atoms with van der Waals surface area (Å²) in [4.78, 5) is 17.3. The summed E-state index contributed by atoms with van der Waals surface area (Å²) >= 11 is 1.71. The number of hydrogen-bond acceptors (Lipinski definition) is 4. The van der Waals surface area contributed by atoms with Crippen LogP contribution in [0.2, 0.25) is 0 Å². The van der Waals surface area contributed by atoms with E-state index in [0.717, 1.165) is 22.5 Å². The molecule has 0 bridgehead atoms. The lowest BCUT2D eigenvalue weighted by Gasteiger charge is -2.12. The standard InChI is InChI=1S/C26H21N3O2S/c1-17-14-29(16-27-17)23-11-10-20(13-24(23)31-2)28-26(30)19-7-5-6-18(12-19)22-15-32-25-9-4-3-8-21(22)25/h3-16H,1-2H3,(H,28,30). The summed E-state index contributed by atoms with van der Waals surface area (Å²) in [6.07, 6.45) is 3.67. The highest BCUT2D eigenvalue weighted by Gasteiger charge is 2.13. The Kier molecular flexibility index (Phi) is 5.21. The molecule has 0 spiro atoms.